The number of benzene rings is 2. The molecule has 2 aromatic carbocycles. The zero-order chi connectivity index (χ0) is 26.0. The molecule has 2 aromatic rings. The van der Waals surface area contributed by atoms with Gasteiger partial charge in [-0.3, -0.25) is 9.59 Å². The first-order valence-electron chi connectivity index (χ1n) is 12.0. The molecule has 0 radical (unpaired) electrons. The third-order valence-electron chi connectivity index (χ3n) is 5.60. The zero-order valence-electron chi connectivity index (χ0n) is 21.8. The maximum atomic E-state index is 13.9. The van der Waals surface area contributed by atoms with Gasteiger partial charge in [-0.25, -0.2) is 4.79 Å². The minimum absolute atomic E-state index is 0.152. The van der Waals surface area contributed by atoms with Gasteiger partial charge in [-0.05, 0) is 77.6 Å². The highest BCUT2D eigenvalue weighted by atomic mass is 16.6. The first-order valence-corrected chi connectivity index (χ1v) is 12.0. The van der Waals surface area contributed by atoms with E-state index in [2.05, 4.69) is 10.6 Å². The van der Waals surface area contributed by atoms with Crippen molar-refractivity contribution in [2.45, 2.75) is 78.0 Å². The summed E-state index contributed by atoms with van der Waals surface area (Å²) in [4.78, 5) is 41.0. The second kappa shape index (κ2) is 10.1. The number of rotatable bonds is 4. The van der Waals surface area contributed by atoms with E-state index >= 15 is 0 Å². The van der Waals surface area contributed by atoms with Crippen LogP contribution in [0.1, 0.15) is 70.6 Å². The van der Waals surface area contributed by atoms with Crippen molar-refractivity contribution >= 4 is 23.6 Å². The van der Waals surface area contributed by atoms with Crippen molar-refractivity contribution in [2.75, 3.05) is 11.4 Å². The number of hydrogen-bond donors (Lipinski definition) is 2. The number of nitrogens with one attached hydrogen (secondary N) is 2. The topological polar surface area (TPSA) is 87.7 Å². The van der Waals surface area contributed by atoms with Crippen molar-refractivity contribution < 1.29 is 19.1 Å². The van der Waals surface area contributed by atoms with Crippen LogP contribution in [0, 0.1) is 6.92 Å². The fraction of sp³-hybridized carbons (Fsp3) is 0.464. The SMILES string of the molecule is Cc1ccc2c(c1)N(CC(=O)NC(C)(C)C)C(=O)C(NC(=O)OC(C)(C)C)CC2c1ccccc1. The van der Waals surface area contributed by atoms with Crippen molar-refractivity contribution in [1.29, 1.82) is 0 Å². The normalized spacial score (nSPS) is 18.4. The maximum Gasteiger partial charge on any atom is 0.408 e. The van der Waals surface area contributed by atoms with Crippen LogP contribution >= 0.6 is 0 Å². The lowest BCUT2D eigenvalue weighted by atomic mass is 9.85. The molecule has 7 nitrogen and oxygen atoms in total. The summed E-state index contributed by atoms with van der Waals surface area (Å²) in [5.74, 6) is -0.774. The van der Waals surface area contributed by atoms with Crippen LogP contribution in [0.4, 0.5) is 10.5 Å². The summed E-state index contributed by atoms with van der Waals surface area (Å²) in [6, 6.07) is 15.0. The summed E-state index contributed by atoms with van der Waals surface area (Å²) in [6.07, 6.45) is -0.320. The molecule has 1 heterocycles. The second-order valence-corrected chi connectivity index (χ2v) is 11.2. The van der Waals surface area contributed by atoms with Crippen LogP contribution in [0.3, 0.4) is 0 Å². The predicted octanol–water partition coefficient (Wildman–Crippen LogP) is 4.67. The third-order valence-corrected chi connectivity index (χ3v) is 5.60. The Morgan fingerprint density at radius 1 is 1.03 bits per heavy atom. The Bertz CT molecular complexity index is 1080. The Balaban J connectivity index is 2.07. The van der Waals surface area contributed by atoms with Crippen molar-refractivity contribution in [2.24, 2.45) is 0 Å². The van der Waals surface area contributed by atoms with Crippen molar-refractivity contribution in [1.82, 2.24) is 10.6 Å². The summed E-state index contributed by atoms with van der Waals surface area (Å²) < 4.78 is 5.45. The second-order valence-electron chi connectivity index (χ2n) is 11.2. The average Bonchev–Trinajstić information content (AvgIpc) is 2.82. The number of anilines is 1. The predicted molar refractivity (Wildman–Crippen MR) is 137 cm³/mol. The van der Waals surface area contributed by atoms with Gasteiger partial charge in [0, 0.05) is 17.1 Å². The Labute approximate surface area is 208 Å². The van der Waals surface area contributed by atoms with Crippen molar-refractivity contribution in [3.8, 4) is 0 Å². The molecule has 2 unspecified atom stereocenters. The van der Waals surface area contributed by atoms with Gasteiger partial charge in [-0.15, -0.1) is 0 Å². The van der Waals surface area contributed by atoms with Gasteiger partial charge in [0.2, 0.25) is 11.8 Å². The van der Waals surface area contributed by atoms with E-state index in [0.717, 1.165) is 16.7 Å². The summed E-state index contributed by atoms with van der Waals surface area (Å²) in [5, 5.41) is 5.72. The molecule has 3 amide bonds. The van der Waals surface area contributed by atoms with E-state index in [0.29, 0.717) is 12.1 Å². The van der Waals surface area contributed by atoms with E-state index in [1.807, 2.05) is 76.2 Å². The highest BCUT2D eigenvalue weighted by molar-refractivity contribution is 6.04. The number of hydrogen-bond acceptors (Lipinski definition) is 4. The summed E-state index contributed by atoms with van der Waals surface area (Å²) in [5.41, 5.74) is 2.48. The molecule has 0 aromatic heterocycles. The minimum atomic E-state index is -0.870. The lowest BCUT2D eigenvalue weighted by Gasteiger charge is -2.28. The molecule has 1 aliphatic heterocycles. The highest BCUT2D eigenvalue weighted by Gasteiger charge is 2.38. The first kappa shape index (κ1) is 26.3. The fourth-order valence-electron chi connectivity index (χ4n) is 4.29. The number of aryl methyl sites for hydroxylation is 1. The smallest absolute Gasteiger partial charge is 0.408 e. The first-order chi connectivity index (χ1) is 16.2. The van der Waals surface area contributed by atoms with Crippen molar-refractivity contribution in [3.63, 3.8) is 0 Å². The van der Waals surface area contributed by atoms with Gasteiger partial charge < -0.3 is 20.3 Å². The Morgan fingerprint density at radius 2 is 1.69 bits per heavy atom. The van der Waals surface area contributed by atoms with Crippen LogP contribution in [0.15, 0.2) is 48.5 Å². The van der Waals surface area contributed by atoms with Crippen LogP contribution in [0.2, 0.25) is 0 Å². The van der Waals surface area contributed by atoms with Crippen LogP contribution in [0.5, 0.6) is 0 Å². The van der Waals surface area contributed by atoms with Gasteiger partial charge in [0.05, 0.1) is 0 Å². The van der Waals surface area contributed by atoms with E-state index in [1.165, 1.54) is 4.90 Å². The summed E-state index contributed by atoms with van der Waals surface area (Å²) >= 11 is 0. The van der Waals surface area contributed by atoms with E-state index in [9.17, 15) is 14.4 Å². The van der Waals surface area contributed by atoms with Gasteiger partial charge >= 0.3 is 6.09 Å². The van der Waals surface area contributed by atoms with Gasteiger partial charge in [0.15, 0.2) is 0 Å². The number of carbonyl (C=O) groups is 3. The molecule has 2 atom stereocenters. The fourth-order valence-corrected chi connectivity index (χ4v) is 4.29. The molecule has 3 rings (SSSR count). The van der Waals surface area contributed by atoms with Gasteiger partial charge in [-0.1, -0.05) is 42.5 Å². The molecule has 1 aliphatic rings. The van der Waals surface area contributed by atoms with Crippen LogP contribution in [-0.4, -0.2) is 41.6 Å². The molecule has 7 heteroatoms. The Morgan fingerprint density at radius 3 is 2.29 bits per heavy atom. The van der Waals surface area contributed by atoms with Crippen molar-refractivity contribution in [3.05, 3.63) is 65.2 Å². The molecule has 2 N–H and O–H groups in total. The average molecular weight is 480 g/mol. The zero-order valence-corrected chi connectivity index (χ0v) is 21.8. The Hall–Kier alpha value is -3.35. The minimum Gasteiger partial charge on any atom is -0.444 e. The van der Waals surface area contributed by atoms with Crippen LogP contribution in [0.25, 0.3) is 0 Å². The molecular weight excluding hydrogens is 442 g/mol. The largest absolute Gasteiger partial charge is 0.444 e. The summed E-state index contributed by atoms with van der Waals surface area (Å²) in [7, 11) is 0. The molecule has 0 saturated carbocycles. The lowest BCUT2D eigenvalue weighted by Crippen LogP contribution is -2.53. The highest BCUT2D eigenvalue weighted by Crippen LogP contribution is 2.39. The number of alkyl carbamates (subject to hydrolysis) is 1. The number of amides is 3. The summed E-state index contributed by atoms with van der Waals surface area (Å²) in [6.45, 7) is 12.8. The van der Waals surface area contributed by atoms with Gasteiger partial charge in [-0.2, -0.15) is 0 Å². The number of ether oxygens (including phenoxy) is 1. The molecular formula is C28H37N3O4. The monoisotopic (exact) mass is 479 g/mol. The lowest BCUT2D eigenvalue weighted by molar-refractivity contribution is -0.125. The van der Waals surface area contributed by atoms with E-state index in [-0.39, 0.29) is 24.3 Å². The van der Waals surface area contributed by atoms with Crippen LogP contribution in [-0.2, 0) is 14.3 Å². The van der Waals surface area contributed by atoms with Crippen LogP contribution < -0.4 is 15.5 Å². The molecule has 0 aliphatic carbocycles. The molecule has 0 spiro atoms. The van der Waals surface area contributed by atoms with E-state index in [4.69, 9.17) is 4.74 Å². The van der Waals surface area contributed by atoms with E-state index in [1.54, 1.807) is 20.8 Å². The maximum absolute atomic E-state index is 13.9. The molecule has 188 valence electrons. The molecule has 35 heavy (non-hydrogen) atoms. The molecule has 0 saturated heterocycles. The van der Waals surface area contributed by atoms with Gasteiger partial charge in [0.1, 0.15) is 18.2 Å². The van der Waals surface area contributed by atoms with E-state index < -0.39 is 23.3 Å². The Kier molecular flexibility index (Phi) is 7.58. The number of nitrogens with zero attached hydrogens (tertiary/aromatic N) is 1. The quantitative estimate of drug-likeness (QED) is 0.667. The third kappa shape index (κ3) is 7.07. The molecule has 0 fully saturated rings. The number of fused-ring (bicyclic) bond motifs is 1. The number of carbonyl (C=O) groups excluding carboxylic acids is 3. The standard InChI is InChI=1S/C28H37N3O4/c1-18-13-14-20-21(19-11-9-8-10-12-19)16-22(29-26(34)35-28(5,6)7)25(33)31(23(20)15-18)17-24(32)30-27(2,3)4/h8-15,21-22H,16-17H2,1-7H3,(H,29,34)(H,30,32). The van der Waals surface area contributed by atoms with Gasteiger partial charge in [0.25, 0.3) is 0 Å². The molecule has 0 bridgehead atoms.